The monoisotopic (exact) mass is 383 g/mol. The van der Waals surface area contributed by atoms with Gasteiger partial charge in [-0.2, -0.15) is 0 Å². The number of piperazine rings is 1. The average molecular weight is 383 g/mol. The molecule has 7 heteroatoms. The number of amides is 1. The van der Waals surface area contributed by atoms with Gasteiger partial charge in [0, 0.05) is 57.9 Å². The summed E-state index contributed by atoms with van der Waals surface area (Å²) in [5.41, 5.74) is 2.08. The van der Waals surface area contributed by atoms with E-state index in [9.17, 15) is 4.79 Å². The Hall–Kier alpha value is -2.41. The molecule has 1 aromatic carbocycles. The summed E-state index contributed by atoms with van der Waals surface area (Å²) in [5, 5.41) is 0.948. The Balaban J connectivity index is 1.40. The maximum absolute atomic E-state index is 12.1. The van der Waals surface area contributed by atoms with Gasteiger partial charge in [0.1, 0.15) is 6.33 Å². The van der Waals surface area contributed by atoms with Gasteiger partial charge in [0.05, 0.1) is 18.0 Å². The topological polar surface area (TPSA) is 61.8 Å². The zero-order valence-corrected chi connectivity index (χ0v) is 16.8. The third-order valence-electron chi connectivity index (χ3n) is 6.10. The van der Waals surface area contributed by atoms with Gasteiger partial charge in [0.15, 0.2) is 0 Å². The molecule has 0 radical (unpaired) electrons. The van der Waals surface area contributed by atoms with E-state index < -0.39 is 0 Å². The van der Waals surface area contributed by atoms with Crippen LogP contribution in [0.15, 0.2) is 24.5 Å². The lowest BCUT2D eigenvalue weighted by Gasteiger charge is -2.39. The number of benzene rings is 1. The summed E-state index contributed by atoms with van der Waals surface area (Å²) in [6.07, 6.45) is 5.54. The third-order valence-corrected chi connectivity index (χ3v) is 6.10. The fourth-order valence-corrected chi connectivity index (χ4v) is 4.31. The lowest BCUT2D eigenvalue weighted by molar-refractivity contribution is -0.131. The van der Waals surface area contributed by atoms with Crippen molar-refractivity contribution in [3.63, 3.8) is 0 Å². The Morgan fingerprint density at radius 3 is 2.75 bits per heavy atom. The minimum absolute atomic E-state index is 0.300. The van der Waals surface area contributed by atoms with Gasteiger partial charge in [-0.25, -0.2) is 9.97 Å². The summed E-state index contributed by atoms with van der Waals surface area (Å²) < 4.78 is 5.39. The highest BCUT2D eigenvalue weighted by atomic mass is 16.5. The normalized spacial score (nSPS) is 21.8. The number of nitrogens with zero attached hydrogens (tertiary/aromatic N) is 5. The van der Waals surface area contributed by atoms with Crippen LogP contribution in [0.25, 0.3) is 10.9 Å². The van der Waals surface area contributed by atoms with Crippen molar-refractivity contribution in [2.75, 3.05) is 51.8 Å². The van der Waals surface area contributed by atoms with Gasteiger partial charge in [-0.3, -0.25) is 9.69 Å². The van der Waals surface area contributed by atoms with Crippen molar-refractivity contribution in [1.29, 1.82) is 0 Å². The summed E-state index contributed by atoms with van der Waals surface area (Å²) in [7, 11) is 3.61. The molecular weight excluding hydrogens is 354 g/mol. The maximum Gasteiger partial charge on any atom is 0.224 e. The molecule has 1 atom stereocenters. The SMILES string of the molecule is COc1ncnc2ccc(N3CCN(CC4CCCCC(=O)N4C)CC3)cc12. The predicted molar refractivity (Wildman–Crippen MR) is 110 cm³/mol. The lowest BCUT2D eigenvalue weighted by Crippen LogP contribution is -2.51. The van der Waals surface area contributed by atoms with Crippen LogP contribution in [0.1, 0.15) is 25.7 Å². The summed E-state index contributed by atoms with van der Waals surface area (Å²) in [6.45, 7) is 4.96. The number of carbonyl (C=O) groups is 1. The second kappa shape index (κ2) is 8.31. The van der Waals surface area contributed by atoms with Crippen LogP contribution in [0.3, 0.4) is 0 Å². The molecule has 3 heterocycles. The van der Waals surface area contributed by atoms with E-state index in [2.05, 4.69) is 31.9 Å². The van der Waals surface area contributed by atoms with E-state index in [1.807, 2.05) is 18.0 Å². The smallest absolute Gasteiger partial charge is 0.224 e. The van der Waals surface area contributed by atoms with Crippen molar-refractivity contribution < 1.29 is 9.53 Å². The van der Waals surface area contributed by atoms with Crippen LogP contribution in [0, 0.1) is 0 Å². The molecule has 1 aromatic heterocycles. The summed E-state index contributed by atoms with van der Waals surface area (Å²) in [6, 6.07) is 6.64. The van der Waals surface area contributed by atoms with E-state index in [4.69, 9.17) is 4.74 Å². The Morgan fingerprint density at radius 2 is 1.96 bits per heavy atom. The predicted octanol–water partition coefficient (Wildman–Crippen LogP) is 2.16. The number of rotatable bonds is 4. The first-order valence-electron chi connectivity index (χ1n) is 10.2. The van der Waals surface area contributed by atoms with E-state index in [0.717, 1.165) is 62.9 Å². The second-order valence-electron chi connectivity index (χ2n) is 7.78. The maximum atomic E-state index is 12.1. The number of hydrogen-bond donors (Lipinski definition) is 0. The molecule has 1 unspecified atom stereocenters. The molecule has 0 aliphatic carbocycles. The standard InChI is InChI=1S/C21H29N5O2/c1-24-17(5-3-4-6-20(24)27)14-25-9-11-26(12-10-25)16-7-8-19-18(13-16)21(28-2)23-15-22-19/h7-8,13,15,17H,3-6,9-12,14H2,1-2H3. The molecule has 2 saturated heterocycles. The van der Waals surface area contributed by atoms with E-state index >= 15 is 0 Å². The van der Waals surface area contributed by atoms with Crippen LogP contribution in [0.4, 0.5) is 5.69 Å². The molecule has 0 N–H and O–H groups in total. The number of carbonyl (C=O) groups excluding carboxylic acids is 1. The van der Waals surface area contributed by atoms with Crippen molar-refractivity contribution in [2.45, 2.75) is 31.7 Å². The zero-order valence-electron chi connectivity index (χ0n) is 16.8. The summed E-state index contributed by atoms with van der Waals surface area (Å²) in [5.74, 6) is 0.917. The fourth-order valence-electron chi connectivity index (χ4n) is 4.31. The molecule has 0 spiro atoms. The third kappa shape index (κ3) is 3.90. The van der Waals surface area contributed by atoms with Gasteiger partial charge in [-0.15, -0.1) is 0 Å². The van der Waals surface area contributed by atoms with Crippen LogP contribution in [-0.2, 0) is 4.79 Å². The molecular formula is C21H29N5O2. The number of hydrogen-bond acceptors (Lipinski definition) is 6. The first-order chi connectivity index (χ1) is 13.7. The van der Waals surface area contributed by atoms with Crippen LogP contribution >= 0.6 is 0 Å². The average Bonchev–Trinajstić information content (AvgIpc) is 2.89. The van der Waals surface area contributed by atoms with Gasteiger partial charge in [0.2, 0.25) is 11.8 Å². The van der Waals surface area contributed by atoms with Gasteiger partial charge in [-0.1, -0.05) is 6.42 Å². The molecule has 28 heavy (non-hydrogen) atoms. The first kappa shape index (κ1) is 18.9. The van der Waals surface area contributed by atoms with Gasteiger partial charge in [0.25, 0.3) is 0 Å². The fraction of sp³-hybridized carbons (Fsp3) is 0.571. The highest BCUT2D eigenvalue weighted by Crippen LogP contribution is 2.27. The van der Waals surface area contributed by atoms with E-state index in [-0.39, 0.29) is 0 Å². The molecule has 2 fully saturated rings. The number of likely N-dealkylation sites (N-methyl/N-ethyl adjacent to an activating group) is 1. The van der Waals surface area contributed by atoms with Crippen molar-refractivity contribution in [2.24, 2.45) is 0 Å². The van der Waals surface area contributed by atoms with Crippen LogP contribution in [0.2, 0.25) is 0 Å². The lowest BCUT2D eigenvalue weighted by atomic mass is 10.1. The molecule has 2 aliphatic heterocycles. The van der Waals surface area contributed by atoms with Gasteiger partial charge in [-0.05, 0) is 31.0 Å². The van der Waals surface area contributed by atoms with E-state index in [1.54, 1.807) is 7.11 Å². The van der Waals surface area contributed by atoms with Gasteiger partial charge < -0.3 is 14.5 Å². The Bertz CT molecular complexity index is 835. The number of anilines is 1. The van der Waals surface area contributed by atoms with Crippen molar-refractivity contribution >= 4 is 22.5 Å². The van der Waals surface area contributed by atoms with Crippen molar-refractivity contribution in [3.05, 3.63) is 24.5 Å². The highest BCUT2D eigenvalue weighted by molar-refractivity contribution is 5.86. The second-order valence-corrected chi connectivity index (χ2v) is 7.78. The van der Waals surface area contributed by atoms with Gasteiger partial charge >= 0.3 is 0 Å². The first-order valence-corrected chi connectivity index (χ1v) is 10.2. The molecule has 2 aromatic rings. The number of methoxy groups -OCH3 is 1. The van der Waals surface area contributed by atoms with Crippen molar-refractivity contribution in [1.82, 2.24) is 19.8 Å². The molecule has 0 saturated carbocycles. The highest BCUT2D eigenvalue weighted by Gasteiger charge is 2.26. The molecule has 1 amide bonds. The van der Waals surface area contributed by atoms with Crippen LogP contribution in [-0.4, -0.2) is 78.6 Å². The van der Waals surface area contributed by atoms with E-state index in [1.165, 1.54) is 12.0 Å². The number of aromatic nitrogens is 2. The molecule has 0 bridgehead atoms. The molecule has 7 nitrogen and oxygen atoms in total. The minimum atomic E-state index is 0.300. The summed E-state index contributed by atoms with van der Waals surface area (Å²) in [4.78, 5) is 27.6. The number of likely N-dealkylation sites (tertiary alicyclic amines) is 1. The van der Waals surface area contributed by atoms with Crippen LogP contribution in [0.5, 0.6) is 5.88 Å². The number of fused-ring (bicyclic) bond motifs is 1. The Morgan fingerprint density at radius 1 is 1.14 bits per heavy atom. The van der Waals surface area contributed by atoms with Crippen molar-refractivity contribution in [3.8, 4) is 5.88 Å². The van der Waals surface area contributed by atoms with Crippen LogP contribution < -0.4 is 9.64 Å². The zero-order chi connectivity index (χ0) is 19.5. The van der Waals surface area contributed by atoms with E-state index in [0.29, 0.717) is 24.2 Å². The Kier molecular flexibility index (Phi) is 5.62. The Labute approximate surface area is 166 Å². The number of ether oxygens (including phenoxy) is 1. The largest absolute Gasteiger partial charge is 0.480 e. The molecule has 4 rings (SSSR count). The minimum Gasteiger partial charge on any atom is -0.480 e. The summed E-state index contributed by atoms with van der Waals surface area (Å²) >= 11 is 0. The quantitative estimate of drug-likeness (QED) is 0.806. The molecule has 2 aliphatic rings. The molecule has 150 valence electrons.